The highest BCUT2D eigenvalue weighted by Gasteiger charge is 2.14. The molecule has 0 radical (unpaired) electrons. The molecule has 0 atom stereocenters. The molecule has 0 bridgehead atoms. The van der Waals surface area contributed by atoms with E-state index in [1.54, 1.807) is 7.05 Å². The van der Waals surface area contributed by atoms with Gasteiger partial charge in [0.2, 0.25) is 0 Å². The molecule has 0 aromatic heterocycles. The number of primary amides is 1. The molecule has 0 fully saturated rings. The third-order valence-corrected chi connectivity index (χ3v) is 1.60. The average molecular weight is 172 g/mol. The number of hydrogen-bond acceptors (Lipinski definition) is 2. The predicted octanol–water partition coefficient (Wildman–Crippen LogP) is -0.0238. The van der Waals surface area contributed by atoms with Crippen molar-refractivity contribution in [1.29, 1.82) is 0 Å². The van der Waals surface area contributed by atoms with Crippen LogP contribution in [0.4, 0.5) is 0 Å². The molecule has 0 heterocycles. The summed E-state index contributed by atoms with van der Waals surface area (Å²) in [6, 6.07) is 0. The monoisotopic (exact) mass is 172 g/mol. The molecule has 0 aromatic carbocycles. The van der Waals surface area contributed by atoms with Gasteiger partial charge in [0.1, 0.15) is 0 Å². The maximum Gasteiger partial charge on any atom is 0.311 e. The molecule has 0 saturated heterocycles. The molecule has 0 aliphatic rings. The van der Waals surface area contributed by atoms with Gasteiger partial charge in [-0.3, -0.25) is 9.59 Å². The summed E-state index contributed by atoms with van der Waals surface area (Å²) in [5.74, 6) is -0.981. The number of hydrogen-bond donors (Lipinski definition) is 1. The van der Waals surface area contributed by atoms with E-state index in [0.29, 0.717) is 12.5 Å². The van der Waals surface area contributed by atoms with Gasteiger partial charge in [0, 0.05) is 13.6 Å². The number of amides is 2. The van der Waals surface area contributed by atoms with Crippen molar-refractivity contribution in [2.24, 2.45) is 11.7 Å². The lowest BCUT2D eigenvalue weighted by Gasteiger charge is -2.15. The number of nitrogens with two attached hydrogens (primary N) is 1. The fourth-order valence-electron chi connectivity index (χ4n) is 0.742. The summed E-state index contributed by atoms with van der Waals surface area (Å²) in [7, 11) is 1.58. The lowest BCUT2D eigenvalue weighted by molar-refractivity contribution is -0.143. The maximum atomic E-state index is 10.9. The third-order valence-electron chi connectivity index (χ3n) is 1.60. The van der Waals surface area contributed by atoms with Gasteiger partial charge in [-0.2, -0.15) is 0 Å². The lowest BCUT2D eigenvalue weighted by Crippen LogP contribution is -2.38. The zero-order valence-electron chi connectivity index (χ0n) is 7.83. The highest BCUT2D eigenvalue weighted by molar-refractivity contribution is 6.34. The summed E-state index contributed by atoms with van der Waals surface area (Å²) in [4.78, 5) is 22.7. The quantitative estimate of drug-likeness (QED) is 0.608. The van der Waals surface area contributed by atoms with Gasteiger partial charge >= 0.3 is 11.8 Å². The lowest BCUT2D eigenvalue weighted by atomic mass is 10.1. The van der Waals surface area contributed by atoms with Crippen molar-refractivity contribution >= 4 is 11.8 Å². The first kappa shape index (κ1) is 10.9. The molecule has 0 aliphatic carbocycles. The summed E-state index contributed by atoms with van der Waals surface area (Å²) < 4.78 is 0. The average Bonchev–Trinajstić information content (AvgIpc) is 1.98. The Morgan fingerprint density at radius 1 is 1.42 bits per heavy atom. The summed E-state index contributed by atoms with van der Waals surface area (Å²) in [6.07, 6.45) is 0.884. The number of carbonyl (C=O) groups is 2. The van der Waals surface area contributed by atoms with Crippen LogP contribution >= 0.6 is 0 Å². The van der Waals surface area contributed by atoms with Gasteiger partial charge in [-0.05, 0) is 12.3 Å². The third kappa shape index (κ3) is 3.95. The van der Waals surface area contributed by atoms with Crippen molar-refractivity contribution < 1.29 is 9.59 Å². The van der Waals surface area contributed by atoms with Crippen LogP contribution < -0.4 is 5.73 Å². The first-order chi connectivity index (χ1) is 5.45. The van der Waals surface area contributed by atoms with Crippen molar-refractivity contribution in [2.75, 3.05) is 13.6 Å². The van der Waals surface area contributed by atoms with Gasteiger partial charge in [-0.15, -0.1) is 0 Å². The summed E-state index contributed by atoms with van der Waals surface area (Å²) in [5, 5.41) is 0. The summed E-state index contributed by atoms with van der Waals surface area (Å²) in [5.41, 5.74) is 4.81. The molecular weight excluding hydrogens is 156 g/mol. The van der Waals surface area contributed by atoms with Gasteiger partial charge in [-0.1, -0.05) is 13.8 Å². The van der Waals surface area contributed by atoms with Crippen molar-refractivity contribution in [3.05, 3.63) is 0 Å². The Labute approximate surface area is 72.7 Å². The van der Waals surface area contributed by atoms with Crippen molar-refractivity contribution in [3.63, 3.8) is 0 Å². The van der Waals surface area contributed by atoms with E-state index < -0.39 is 11.8 Å². The van der Waals surface area contributed by atoms with Gasteiger partial charge in [-0.25, -0.2) is 0 Å². The van der Waals surface area contributed by atoms with Crippen LogP contribution in [-0.2, 0) is 9.59 Å². The fraction of sp³-hybridized carbons (Fsp3) is 0.750. The Kier molecular flexibility index (Phi) is 4.33. The molecule has 12 heavy (non-hydrogen) atoms. The second kappa shape index (κ2) is 4.74. The molecule has 0 rings (SSSR count). The summed E-state index contributed by atoms with van der Waals surface area (Å²) >= 11 is 0. The van der Waals surface area contributed by atoms with E-state index in [0.717, 1.165) is 6.42 Å². The minimum atomic E-state index is -0.888. The smallest absolute Gasteiger partial charge is 0.311 e. The zero-order valence-corrected chi connectivity index (χ0v) is 7.83. The summed E-state index contributed by atoms with van der Waals surface area (Å²) in [6.45, 7) is 4.70. The number of carbonyl (C=O) groups excluding carboxylic acids is 2. The van der Waals surface area contributed by atoms with Gasteiger partial charge in [0.15, 0.2) is 0 Å². The minimum Gasteiger partial charge on any atom is -0.361 e. The molecule has 0 aliphatic heterocycles. The van der Waals surface area contributed by atoms with Gasteiger partial charge in [0.05, 0.1) is 0 Å². The van der Waals surface area contributed by atoms with E-state index in [-0.39, 0.29) is 0 Å². The molecule has 0 saturated carbocycles. The molecule has 2 N–H and O–H groups in total. The molecule has 0 unspecified atom stereocenters. The SMILES string of the molecule is CC(C)CCN(C)C(=O)C(N)=O. The minimum absolute atomic E-state index is 0.521. The van der Waals surface area contributed by atoms with Crippen LogP contribution in [0.2, 0.25) is 0 Å². The molecule has 70 valence electrons. The molecule has 4 heteroatoms. The normalized spacial score (nSPS) is 10.0. The first-order valence-corrected chi connectivity index (χ1v) is 4.00. The van der Waals surface area contributed by atoms with Crippen LogP contribution in [0.25, 0.3) is 0 Å². The Morgan fingerprint density at radius 2 is 1.92 bits per heavy atom. The highest BCUT2D eigenvalue weighted by atomic mass is 16.2. The van der Waals surface area contributed by atoms with Crippen LogP contribution in [0.15, 0.2) is 0 Å². The largest absolute Gasteiger partial charge is 0.361 e. The van der Waals surface area contributed by atoms with E-state index in [1.807, 2.05) is 0 Å². The van der Waals surface area contributed by atoms with Crippen LogP contribution in [0.3, 0.4) is 0 Å². The van der Waals surface area contributed by atoms with E-state index in [9.17, 15) is 9.59 Å². The van der Waals surface area contributed by atoms with Gasteiger partial charge in [0.25, 0.3) is 0 Å². The number of rotatable bonds is 3. The van der Waals surface area contributed by atoms with Crippen molar-refractivity contribution in [3.8, 4) is 0 Å². The second-order valence-electron chi connectivity index (χ2n) is 3.27. The Bertz CT molecular complexity index is 178. The van der Waals surface area contributed by atoms with Crippen LogP contribution in [0.1, 0.15) is 20.3 Å². The van der Waals surface area contributed by atoms with E-state index in [1.165, 1.54) is 4.90 Å². The van der Waals surface area contributed by atoms with E-state index in [4.69, 9.17) is 5.73 Å². The van der Waals surface area contributed by atoms with Crippen molar-refractivity contribution in [2.45, 2.75) is 20.3 Å². The molecule has 0 aromatic rings. The topological polar surface area (TPSA) is 63.4 Å². The standard InChI is InChI=1S/C8H16N2O2/c1-6(2)4-5-10(3)8(12)7(9)11/h6H,4-5H2,1-3H3,(H2,9,11). The first-order valence-electron chi connectivity index (χ1n) is 4.00. The van der Waals surface area contributed by atoms with Crippen LogP contribution in [0.5, 0.6) is 0 Å². The Morgan fingerprint density at radius 3 is 2.25 bits per heavy atom. The molecule has 0 spiro atoms. The van der Waals surface area contributed by atoms with Crippen LogP contribution in [0, 0.1) is 5.92 Å². The Hall–Kier alpha value is -1.06. The number of nitrogens with zero attached hydrogens (tertiary/aromatic N) is 1. The van der Waals surface area contributed by atoms with Crippen LogP contribution in [-0.4, -0.2) is 30.3 Å². The fourth-order valence-corrected chi connectivity index (χ4v) is 0.742. The highest BCUT2D eigenvalue weighted by Crippen LogP contribution is 2.00. The van der Waals surface area contributed by atoms with Crippen molar-refractivity contribution in [1.82, 2.24) is 4.90 Å². The predicted molar refractivity (Wildman–Crippen MR) is 46.3 cm³/mol. The zero-order chi connectivity index (χ0) is 9.72. The Balaban J connectivity index is 3.80. The molecular formula is C8H16N2O2. The van der Waals surface area contributed by atoms with E-state index in [2.05, 4.69) is 13.8 Å². The van der Waals surface area contributed by atoms with E-state index >= 15 is 0 Å². The second-order valence-corrected chi connectivity index (χ2v) is 3.27. The van der Waals surface area contributed by atoms with Gasteiger partial charge < -0.3 is 10.6 Å². The molecule has 2 amide bonds. The maximum absolute atomic E-state index is 10.9. The molecule has 4 nitrogen and oxygen atoms in total. The number of likely N-dealkylation sites (N-methyl/N-ethyl adjacent to an activating group) is 1.